The summed E-state index contributed by atoms with van der Waals surface area (Å²) in [4.78, 5) is 0. The van der Waals surface area contributed by atoms with Crippen LogP contribution >= 0.6 is 11.6 Å². The topological polar surface area (TPSA) is 42.7 Å². The van der Waals surface area contributed by atoms with Crippen LogP contribution in [0.2, 0.25) is 0 Å². The molecular formula is C10H19ClN4. The zero-order valence-electron chi connectivity index (χ0n) is 9.57. The summed E-state index contributed by atoms with van der Waals surface area (Å²) in [6, 6.07) is 0.355. The highest BCUT2D eigenvalue weighted by molar-refractivity contribution is 6.18. The Morgan fingerprint density at radius 2 is 2.27 bits per heavy atom. The lowest BCUT2D eigenvalue weighted by atomic mass is 10.1. The second-order valence-corrected chi connectivity index (χ2v) is 4.55. The smallest absolute Gasteiger partial charge is 0.0964 e. The average Bonchev–Trinajstić information content (AvgIpc) is 2.58. The summed E-state index contributed by atoms with van der Waals surface area (Å²) in [6.07, 6.45) is 3.00. The Kier molecular flexibility index (Phi) is 5.05. The first-order chi connectivity index (χ1) is 7.11. The molecule has 0 fully saturated rings. The molecule has 0 aromatic carbocycles. The number of nitrogens with one attached hydrogen (secondary N) is 1. The van der Waals surface area contributed by atoms with Gasteiger partial charge in [0.1, 0.15) is 0 Å². The molecule has 0 radical (unpaired) electrons. The normalized spacial score (nSPS) is 13.4. The summed E-state index contributed by atoms with van der Waals surface area (Å²) in [5, 5.41) is 11.3. The van der Waals surface area contributed by atoms with Gasteiger partial charge in [-0.15, -0.1) is 16.7 Å². The molecular weight excluding hydrogens is 212 g/mol. The van der Waals surface area contributed by atoms with Crippen LogP contribution in [0.1, 0.15) is 26.0 Å². The van der Waals surface area contributed by atoms with E-state index in [1.807, 2.05) is 13.2 Å². The molecule has 0 aliphatic carbocycles. The Hall–Kier alpha value is -0.610. The number of alkyl halides is 1. The van der Waals surface area contributed by atoms with E-state index in [1.165, 1.54) is 0 Å². The summed E-state index contributed by atoms with van der Waals surface area (Å²) < 4.78 is 1.70. The van der Waals surface area contributed by atoms with Crippen molar-refractivity contribution in [2.45, 2.75) is 32.9 Å². The van der Waals surface area contributed by atoms with E-state index in [4.69, 9.17) is 11.6 Å². The Morgan fingerprint density at radius 1 is 1.53 bits per heavy atom. The summed E-state index contributed by atoms with van der Waals surface area (Å²) in [7, 11) is 1.86. The van der Waals surface area contributed by atoms with Crippen LogP contribution in [0, 0.1) is 5.92 Å². The van der Waals surface area contributed by atoms with Gasteiger partial charge in [0, 0.05) is 31.7 Å². The molecule has 0 saturated heterocycles. The molecule has 1 unspecified atom stereocenters. The second-order valence-electron chi connectivity index (χ2n) is 4.25. The standard InChI is InChI=1S/C10H19ClN4/c1-8(2)4-9(5-11)12-6-10-7-15(3)14-13-10/h7-9,12H,4-6H2,1-3H3. The Balaban J connectivity index is 2.34. The van der Waals surface area contributed by atoms with Gasteiger partial charge in [0.25, 0.3) is 0 Å². The zero-order valence-corrected chi connectivity index (χ0v) is 10.3. The van der Waals surface area contributed by atoms with E-state index >= 15 is 0 Å². The molecule has 0 spiro atoms. The monoisotopic (exact) mass is 230 g/mol. The van der Waals surface area contributed by atoms with E-state index in [-0.39, 0.29) is 0 Å². The molecule has 86 valence electrons. The zero-order chi connectivity index (χ0) is 11.3. The molecule has 0 bridgehead atoms. The molecule has 4 nitrogen and oxygen atoms in total. The van der Waals surface area contributed by atoms with Gasteiger partial charge in [0.2, 0.25) is 0 Å². The molecule has 1 N–H and O–H groups in total. The highest BCUT2D eigenvalue weighted by atomic mass is 35.5. The maximum absolute atomic E-state index is 5.88. The van der Waals surface area contributed by atoms with Gasteiger partial charge in [-0.25, -0.2) is 0 Å². The van der Waals surface area contributed by atoms with E-state index in [9.17, 15) is 0 Å². The summed E-state index contributed by atoms with van der Waals surface area (Å²) >= 11 is 5.88. The molecule has 0 saturated carbocycles. The molecule has 5 heteroatoms. The highest BCUT2D eigenvalue weighted by Crippen LogP contribution is 2.06. The molecule has 1 aromatic heterocycles. The van der Waals surface area contributed by atoms with Crippen LogP contribution in [0.4, 0.5) is 0 Å². The predicted octanol–water partition coefficient (Wildman–Crippen LogP) is 1.56. The van der Waals surface area contributed by atoms with E-state index in [2.05, 4.69) is 29.5 Å². The molecule has 0 amide bonds. The third kappa shape index (κ3) is 4.62. The van der Waals surface area contributed by atoms with Gasteiger partial charge in [-0.3, -0.25) is 4.68 Å². The van der Waals surface area contributed by atoms with Crippen LogP contribution in [-0.2, 0) is 13.6 Å². The minimum Gasteiger partial charge on any atom is -0.307 e. The molecule has 1 heterocycles. The van der Waals surface area contributed by atoms with Crippen LogP contribution in [0.3, 0.4) is 0 Å². The maximum Gasteiger partial charge on any atom is 0.0964 e. The Bertz CT molecular complexity index is 285. The lowest BCUT2D eigenvalue weighted by Crippen LogP contribution is -2.31. The molecule has 0 aliphatic heterocycles. The third-order valence-corrected chi connectivity index (χ3v) is 2.54. The lowest BCUT2D eigenvalue weighted by molar-refractivity contribution is 0.442. The predicted molar refractivity (Wildman–Crippen MR) is 61.8 cm³/mol. The van der Waals surface area contributed by atoms with Crippen LogP contribution in [0.25, 0.3) is 0 Å². The first kappa shape index (κ1) is 12.5. The quantitative estimate of drug-likeness (QED) is 0.755. The molecule has 1 aromatic rings. The number of rotatable bonds is 6. The van der Waals surface area contributed by atoms with Crippen molar-refractivity contribution in [3.63, 3.8) is 0 Å². The largest absolute Gasteiger partial charge is 0.307 e. The Morgan fingerprint density at radius 3 is 2.73 bits per heavy atom. The van der Waals surface area contributed by atoms with Crippen LogP contribution in [0.5, 0.6) is 0 Å². The number of aromatic nitrogens is 3. The van der Waals surface area contributed by atoms with Crippen LogP contribution < -0.4 is 5.32 Å². The average molecular weight is 231 g/mol. The second kappa shape index (κ2) is 6.08. The van der Waals surface area contributed by atoms with Gasteiger partial charge in [0.15, 0.2) is 0 Å². The maximum atomic E-state index is 5.88. The van der Waals surface area contributed by atoms with Gasteiger partial charge in [-0.05, 0) is 12.3 Å². The minimum absolute atomic E-state index is 0.355. The van der Waals surface area contributed by atoms with E-state index in [1.54, 1.807) is 4.68 Å². The first-order valence-corrected chi connectivity index (χ1v) is 5.79. The van der Waals surface area contributed by atoms with Gasteiger partial charge in [0.05, 0.1) is 5.69 Å². The van der Waals surface area contributed by atoms with E-state index in [0.29, 0.717) is 17.8 Å². The first-order valence-electron chi connectivity index (χ1n) is 5.26. The van der Waals surface area contributed by atoms with Crippen molar-refractivity contribution in [2.75, 3.05) is 5.88 Å². The van der Waals surface area contributed by atoms with Crippen molar-refractivity contribution in [1.82, 2.24) is 20.3 Å². The number of nitrogens with zero attached hydrogens (tertiary/aromatic N) is 3. The van der Waals surface area contributed by atoms with Crippen molar-refractivity contribution >= 4 is 11.6 Å². The fraction of sp³-hybridized carbons (Fsp3) is 0.800. The number of aryl methyl sites for hydroxylation is 1. The van der Waals surface area contributed by atoms with Crippen molar-refractivity contribution in [3.05, 3.63) is 11.9 Å². The van der Waals surface area contributed by atoms with Gasteiger partial charge in [-0.1, -0.05) is 19.1 Å². The van der Waals surface area contributed by atoms with Gasteiger partial charge < -0.3 is 5.32 Å². The lowest BCUT2D eigenvalue weighted by Gasteiger charge is -2.17. The van der Waals surface area contributed by atoms with Gasteiger partial charge in [-0.2, -0.15) is 0 Å². The van der Waals surface area contributed by atoms with Crippen LogP contribution in [0.15, 0.2) is 6.20 Å². The van der Waals surface area contributed by atoms with E-state index < -0.39 is 0 Å². The molecule has 15 heavy (non-hydrogen) atoms. The third-order valence-electron chi connectivity index (χ3n) is 2.16. The Labute approximate surface area is 96.0 Å². The van der Waals surface area contributed by atoms with Crippen molar-refractivity contribution < 1.29 is 0 Å². The summed E-state index contributed by atoms with van der Waals surface area (Å²) in [5.74, 6) is 1.29. The molecule has 1 atom stereocenters. The van der Waals surface area contributed by atoms with Crippen molar-refractivity contribution in [1.29, 1.82) is 0 Å². The highest BCUT2D eigenvalue weighted by Gasteiger charge is 2.09. The number of halogens is 1. The minimum atomic E-state index is 0.355. The van der Waals surface area contributed by atoms with Gasteiger partial charge >= 0.3 is 0 Å². The van der Waals surface area contributed by atoms with Crippen molar-refractivity contribution in [2.24, 2.45) is 13.0 Å². The van der Waals surface area contributed by atoms with Crippen molar-refractivity contribution in [3.8, 4) is 0 Å². The van der Waals surface area contributed by atoms with Crippen LogP contribution in [-0.4, -0.2) is 26.9 Å². The fourth-order valence-electron chi connectivity index (χ4n) is 1.50. The molecule has 0 aliphatic rings. The SMILES string of the molecule is CC(C)CC(CCl)NCc1cn(C)nn1. The summed E-state index contributed by atoms with van der Waals surface area (Å²) in [6.45, 7) is 5.13. The fourth-order valence-corrected chi connectivity index (χ4v) is 1.73. The van der Waals surface area contributed by atoms with E-state index in [0.717, 1.165) is 18.7 Å². The summed E-state index contributed by atoms with van der Waals surface area (Å²) in [5.41, 5.74) is 0.955. The number of hydrogen-bond donors (Lipinski definition) is 1. The number of hydrogen-bond acceptors (Lipinski definition) is 3. The molecule has 1 rings (SSSR count).